The van der Waals surface area contributed by atoms with Crippen LogP contribution < -0.4 is 0 Å². The fraction of sp³-hybridized carbons (Fsp3) is 0.211. The molecular weight excluding hydrogens is 309 g/mol. The summed E-state index contributed by atoms with van der Waals surface area (Å²) in [6.07, 6.45) is 1.67. The van der Waals surface area contributed by atoms with Crippen molar-refractivity contribution in [3.05, 3.63) is 60.1 Å². The molecule has 1 saturated carbocycles. The van der Waals surface area contributed by atoms with Gasteiger partial charge in [0.05, 0.1) is 17.6 Å². The lowest BCUT2D eigenvalue weighted by atomic mass is 9.92. The summed E-state index contributed by atoms with van der Waals surface area (Å²) < 4.78 is 19.4. The van der Waals surface area contributed by atoms with Crippen molar-refractivity contribution in [2.24, 2.45) is 0 Å². The van der Waals surface area contributed by atoms with Crippen LogP contribution in [-0.2, 0) is 5.41 Å². The zero-order chi connectivity index (χ0) is 16.7. The van der Waals surface area contributed by atoms with E-state index in [9.17, 15) is 14.6 Å². The Labute approximate surface area is 138 Å². The zero-order valence-corrected chi connectivity index (χ0v) is 12.9. The van der Waals surface area contributed by atoms with Gasteiger partial charge in [-0.1, -0.05) is 35.5 Å². The van der Waals surface area contributed by atoms with Gasteiger partial charge in [0, 0.05) is 5.56 Å². The van der Waals surface area contributed by atoms with Crippen LogP contribution >= 0.6 is 0 Å². The van der Waals surface area contributed by atoms with E-state index in [1.807, 2.05) is 30.3 Å². The third-order valence-electron chi connectivity index (χ3n) is 4.61. The lowest BCUT2D eigenvalue weighted by Gasteiger charge is -2.11. The molecule has 24 heavy (non-hydrogen) atoms. The van der Waals surface area contributed by atoms with Crippen molar-refractivity contribution < 1.29 is 19.1 Å². The Hall–Kier alpha value is -2.66. The smallest absolute Gasteiger partial charge is 0.165 e. The van der Waals surface area contributed by atoms with Gasteiger partial charge in [-0.2, -0.15) is 0 Å². The van der Waals surface area contributed by atoms with Gasteiger partial charge < -0.3 is 14.7 Å². The molecule has 1 aliphatic rings. The average molecular weight is 325 g/mol. The van der Waals surface area contributed by atoms with Crippen LogP contribution in [0.5, 0.6) is 5.75 Å². The highest BCUT2D eigenvalue weighted by atomic mass is 19.1. The Morgan fingerprint density at radius 2 is 1.83 bits per heavy atom. The fourth-order valence-electron chi connectivity index (χ4n) is 2.98. The molecule has 0 saturated heterocycles. The predicted molar refractivity (Wildman–Crippen MR) is 87.0 cm³/mol. The van der Waals surface area contributed by atoms with E-state index in [1.54, 1.807) is 6.07 Å². The van der Waals surface area contributed by atoms with Crippen LogP contribution in [0.3, 0.4) is 0 Å². The average Bonchev–Trinajstić information content (AvgIpc) is 3.29. The SMILES string of the molecule is OCC1(c2onc(-c3ccc(O)c(F)c3)c2-c2ccccc2)CC1. The number of halogens is 1. The first kappa shape index (κ1) is 14.9. The summed E-state index contributed by atoms with van der Waals surface area (Å²) in [4.78, 5) is 0. The number of phenols is 1. The molecule has 1 fully saturated rings. The molecule has 2 aromatic carbocycles. The summed E-state index contributed by atoms with van der Waals surface area (Å²) in [7, 11) is 0. The van der Waals surface area contributed by atoms with Crippen LogP contribution in [-0.4, -0.2) is 22.0 Å². The summed E-state index contributed by atoms with van der Waals surface area (Å²) in [6, 6.07) is 13.7. The van der Waals surface area contributed by atoms with Crippen molar-refractivity contribution >= 4 is 0 Å². The molecule has 2 N–H and O–H groups in total. The fourth-order valence-corrected chi connectivity index (χ4v) is 2.98. The van der Waals surface area contributed by atoms with E-state index < -0.39 is 17.0 Å². The van der Waals surface area contributed by atoms with E-state index in [-0.39, 0.29) is 6.61 Å². The molecule has 0 aliphatic heterocycles. The number of aliphatic hydroxyl groups is 1. The van der Waals surface area contributed by atoms with E-state index in [0.29, 0.717) is 17.0 Å². The number of rotatable bonds is 4. The van der Waals surface area contributed by atoms with Gasteiger partial charge in [-0.15, -0.1) is 0 Å². The highest BCUT2D eigenvalue weighted by Crippen LogP contribution is 2.52. The lowest BCUT2D eigenvalue weighted by molar-refractivity contribution is 0.226. The molecular formula is C19H16FNO3. The van der Waals surface area contributed by atoms with Crippen LogP contribution in [0.1, 0.15) is 18.6 Å². The van der Waals surface area contributed by atoms with Crippen molar-refractivity contribution in [2.75, 3.05) is 6.61 Å². The Morgan fingerprint density at radius 1 is 1.08 bits per heavy atom. The summed E-state index contributed by atoms with van der Waals surface area (Å²) >= 11 is 0. The minimum atomic E-state index is -0.709. The lowest BCUT2D eigenvalue weighted by Crippen LogP contribution is -2.12. The minimum Gasteiger partial charge on any atom is -0.505 e. The summed E-state index contributed by atoms with van der Waals surface area (Å²) in [6.45, 7) is -0.00853. The van der Waals surface area contributed by atoms with Crippen molar-refractivity contribution in [1.29, 1.82) is 0 Å². The number of aliphatic hydroxyl groups excluding tert-OH is 1. The predicted octanol–water partition coefficient (Wildman–Crippen LogP) is 3.88. The highest BCUT2D eigenvalue weighted by molar-refractivity contribution is 5.83. The standard InChI is InChI=1S/C19H16FNO3/c20-14-10-13(6-7-15(14)23)17-16(12-4-2-1-3-5-12)18(24-21-17)19(11-22)8-9-19/h1-7,10,22-23H,8-9,11H2. The zero-order valence-electron chi connectivity index (χ0n) is 12.9. The minimum absolute atomic E-state index is 0.00853. The van der Waals surface area contributed by atoms with Crippen molar-refractivity contribution in [2.45, 2.75) is 18.3 Å². The molecule has 0 radical (unpaired) electrons. The van der Waals surface area contributed by atoms with E-state index in [1.165, 1.54) is 12.1 Å². The summed E-state index contributed by atoms with van der Waals surface area (Å²) in [5, 5.41) is 23.3. The first-order valence-corrected chi connectivity index (χ1v) is 7.80. The van der Waals surface area contributed by atoms with Gasteiger partial charge in [-0.3, -0.25) is 0 Å². The second-order valence-electron chi connectivity index (χ2n) is 6.21. The maximum Gasteiger partial charge on any atom is 0.165 e. The Bertz CT molecular complexity index is 885. The van der Waals surface area contributed by atoms with Crippen molar-refractivity contribution in [3.8, 4) is 28.1 Å². The first-order valence-electron chi connectivity index (χ1n) is 7.80. The quantitative estimate of drug-likeness (QED) is 0.764. The van der Waals surface area contributed by atoms with Crippen LogP contribution in [0.2, 0.25) is 0 Å². The molecule has 3 aromatic rings. The number of benzene rings is 2. The topological polar surface area (TPSA) is 66.5 Å². The molecule has 5 heteroatoms. The summed E-state index contributed by atoms with van der Waals surface area (Å²) in [5.74, 6) is -0.475. The second-order valence-corrected chi connectivity index (χ2v) is 6.21. The largest absolute Gasteiger partial charge is 0.505 e. The molecule has 4 nitrogen and oxygen atoms in total. The van der Waals surface area contributed by atoms with Crippen LogP contribution in [0.15, 0.2) is 53.1 Å². The number of phenolic OH excluding ortho intramolecular Hbond substituents is 1. The third kappa shape index (κ3) is 2.29. The summed E-state index contributed by atoms with van der Waals surface area (Å²) in [5.41, 5.74) is 2.30. The maximum atomic E-state index is 13.8. The number of hydrogen-bond donors (Lipinski definition) is 2. The van der Waals surface area contributed by atoms with E-state index in [0.717, 1.165) is 24.0 Å². The number of aromatic hydroxyl groups is 1. The van der Waals surface area contributed by atoms with Gasteiger partial charge in [0.1, 0.15) is 5.69 Å². The van der Waals surface area contributed by atoms with E-state index >= 15 is 0 Å². The van der Waals surface area contributed by atoms with Gasteiger partial charge in [-0.05, 0) is 36.6 Å². The molecule has 0 amide bonds. The monoisotopic (exact) mass is 325 g/mol. The van der Waals surface area contributed by atoms with Crippen molar-refractivity contribution in [3.63, 3.8) is 0 Å². The number of hydrogen-bond acceptors (Lipinski definition) is 4. The Balaban J connectivity index is 1.93. The van der Waals surface area contributed by atoms with E-state index in [2.05, 4.69) is 5.16 Å². The number of nitrogens with zero attached hydrogens (tertiary/aromatic N) is 1. The molecule has 1 aromatic heterocycles. The van der Waals surface area contributed by atoms with E-state index in [4.69, 9.17) is 4.52 Å². The molecule has 0 bridgehead atoms. The number of aromatic nitrogens is 1. The molecule has 122 valence electrons. The highest BCUT2D eigenvalue weighted by Gasteiger charge is 2.49. The molecule has 0 spiro atoms. The van der Waals surface area contributed by atoms with Gasteiger partial charge in [0.15, 0.2) is 17.3 Å². The normalized spacial score (nSPS) is 15.4. The Kier molecular flexibility index (Phi) is 3.39. The third-order valence-corrected chi connectivity index (χ3v) is 4.61. The maximum absolute atomic E-state index is 13.8. The molecule has 1 heterocycles. The Morgan fingerprint density at radius 3 is 2.46 bits per heavy atom. The molecule has 0 unspecified atom stereocenters. The molecule has 1 aliphatic carbocycles. The van der Waals surface area contributed by atoms with Gasteiger partial charge in [0.2, 0.25) is 0 Å². The first-order chi connectivity index (χ1) is 11.6. The van der Waals surface area contributed by atoms with Crippen LogP contribution in [0, 0.1) is 5.82 Å². The van der Waals surface area contributed by atoms with Crippen LogP contribution in [0.25, 0.3) is 22.4 Å². The van der Waals surface area contributed by atoms with Gasteiger partial charge in [-0.25, -0.2) is 4.39 Å². The van der Waals surface area contributed by atoms with Crippen molar-refractivity contribution in [1.82, 2.24) is 5.16 Å². The van der Waals surface area contributed by atoms with Crippen LogP contribution in [0.4, 0.5) is 4.39 Å². The molecule has 4 rings (SSSR count). The second kappa shape index (κ2) is 5.46. The molecule has 0 atom stereocenters. The van der Waals surface area contributed by atoms with Gasteiger partial charge in [0.25, 0.3) is 0 Å². The van der Waals surface area contributed by atoms with Gasteiger partial charge >= 0.3 is 0 Å².